The van der Waals surface area contributed by atoms with Crippen LogP contribution in [0.15, 0.2) is 48.5 Å². The van der Waals surface area contributed by atoms with Gasteiger partial charge in [-0.3, -0.25) is 0 Å². The number of thiocarbonyl (C=S) groups is 1. The van der Waals surface area contributed by atoms with Crippen LogP contribution < -0.4 is 10.1 Å². The van der Waals surface area contributed by atoms with E-state index in [1.54, 1.807) is 0 Å². The highest BCUT2D eigenvalue weighted by molar-refractivity contribution is 7.80. The molecule has 0 atom stereocenters. The molecule has 1 aliphatic carbocycles. The molecule has 1 saturated carbocycles. The van der Waals surface area contributed by atoms with E-state index < -0.39 is 0 Å². The number of benzene rings is 2. The Hall–Kier alpha value is -1.58. The van der Waals surface area contributed by atoms with Crippen LogP contribution in [-0.4, -0.2) is 18.1 Å². The molecular weight excluding hydrogens is 326 g/mol. The summed E-state index contributed by atoms with van der Waals surface area (Å²) >= 11 is 11.6. The van der Waals surface area contributed by atoms with Gasteiger partial charge >= 0.3 is 0 Å². The first-order chi connectivity index (χ1) is 11.2. The van der Waals surface area contributed by atoms with Crippen LogP contribution in [0, 0.1) is 5.92 Å². The second-order valence-corrected chi connectivity index (χ2v) is 6.69. The summed E-state index contributed by atoms with van der Waals surface area (Å²) in [6, 6.07) is 16.3. The molecule has 2 aromatic rings. The number of hydrogen-bond donors (Lipinski definition) is 1. The average Bonchev–Trinajstić information content (AvgIpc) is 3.39. The lowest BCUT2D eigenvalue weighted by Gasteiger charge is -2.11. The van der Waals surface area contributed by atoms with Gasteiger partial charge in [0.15, 0.2) is 0 Å². The smallest absolute Gasteiger partial charge is 0.137 e. The van der Waals surface area contributed by atoms with Crippen molar-refractivity contribution in [2.45, 2.75) is 19.3 Å². The van der Waals surface area contributed by atoms with Gasteiger partial charge < -0.3 is 10.1 Å². The van der Waals surface area contributed by atoms with Crippen molar-refractivity contribution < 1.29 is 4.74 Å². The third-order valence-corrected chi connectivity index (χ3v) is 4.63. The van der Waals surface area contributed by atoms with E-state index >= 15 is 0 Å². The number of rotatable bonds is 7. The Labute approximate surface area is 147 Å². The number of nitrogens with one attached hydrogen (secondary N) is 1. The first-order valence-electron chi connectivity index (χ1n) is 7.95. The summed E-state index contributed by atoms with van der Waals surface area (Å²) in [5.74, 6) is 1.33. The zero-order valence-corrected chi connectivity index (χ0v) is 14.5. The van der Waals surface area contributed by atoms with Gasteiger partial charge in [-0.1, -0.05) is 60.2 Å². The minimum absolute atomic E-state index is 0.560. The maximum atomic E-state index is 6.33. The van der Waals surface area contributed by atoms with Crippen molar-refractivity contribution in [3.05, 3.63) is 64.7 Å². The van der Waals surface area contributed by atoms with Gasteiger partial charge in [0, 0.05) is 12.5 Å². The molecule has 0 unspecified atom stereocenters. The summed E-state index contributed by atoms with van der Waals surface area (Å²) in [7, 11) is 0. The topological polar surface area (TPSA) is 21.3 Å². The molecule has 1 N–H and O–H groups in total. The minimum atomic E-state index is 0.560. The zero-order chi connectivity index (χ0) is 16.1. The summed E-state index contributed by atoms with van der Waals surface area (Å²) in [5, 5.41) is 3.90. The van der Waals surface area contributed by atoms with Crippen LogP contribution in [0.2, 0.25) is 5.02 Å². The molecule has 0 bridgehead atoms. The molecule has 0 heterocycles. The molecule has 1 fully saturated rings. The second-order valence-electron chi connectivity index (χ2n) is 5.84. The molecule has 0 amide bonds. The summed E-state index contributed by atoms with van der Waals surface area (Å²) in [5.41, 5.74) is 2.46. The molecule has 120 valence electrons. The summed E-state index contributed by atoms with van der Waals surface area (Å²) in [6.45, 7) is 1.28. The molecule has 3 rings (SSSR count). The molecule has 4 heteroatoms. The predicted molar refractivity (Wildman–Crippen MR) is 99.5 cm³/mol. The van der Waals surface area contributed by atoms with Gasteiger partial charge in [0.05, 0.1) is 10.0 Å². The Kier molecular flexibility index (Phi) is 5.52. The van der Waals surface area contributed by atoms with Gasteiger partial charge in [-0.25, -0.2) is 0 Å². The van der Waals surface area contributed by atoms with Crippen molar-refractivity contribution in [2.75, 3.05) is 13.2 Å². The zero-order valence-electron chi connectivity index (χ0n) is 12.9. The quantitative estimate of drug-likeness (QED) is 0.583. The van der Waals surface area contributed by atoms with Gasteiger partial charge in [-0.05, 0) is 42.5 Å². The summed E-state index contributed by atoms with van der Waals surface area (Å²) in [4.78, 5) is 0.970. The Bertz CT molecular complexity index is 670. The highest BCUT2D eigenvalue weighted by Crippen LogP contribution is 2.29. The van der Waals surface area contributed by atoms with Gasteiger partial charge in [-0.2, -0.15) is 0 Å². The van der Waals surface area contributed by atoms with E-state index in [9.17, 15) is 0 Å². The summed E-state index contributed by atoms with van der Waals surface area (Å²) in [6.07, 6.45) is 3.32. The number of ether oxygens (including phenoxy) is 1. The first-order valence-corrected chi connectivity index (χ1v) is 8.74. The summed E-state index contributed by atoms with van der Waals surface area (Å²) < 4.78 is 5.74. The van der Waals surface area contributed by atoms with Crippen LogP contribution in [-0.2, 0) is 6.42 Å². The van der Waals surface area contributed by atoms with E-state index in [0.29, 0.717) is 17.5 Å². The van der Waals surface area contributed by atoms with Crippen molar-refractivity contribution in [1.29, 1.82) is 0 Å². The average molecular weight is 346 g/mol. The van der Waals surface area contributed by atoms with E-state index in [0.717, 1.165) is 23.7 Å². The largest absolute Gasteiger partial charge is 0.490 e. The maximum Gasteiger partial charge on any atom is 0.137 e. The highest BCUT2D eigenvalue weighted by atomic mass is 35.5. The number of hydrogen-bond acceptors (Lipinski definition) is 2. The molecule has 0 saturated heterocycles. The number of halogens is 1. The van der Waals surface area contributed by atoms with Gasteiger partial charge in [0.25, 0.3) is 0 Å². The highest BCUT2D eigenvalue weighted by Gasteiger charge is 2.25. The van der Waals surface area contributed by atoms with E-state index in [-0.39, 0.29) is 0 Å². The molecular formula is C19H20ClNOS. The van der Waals surface area contributed by atoms with Crippen LogP contribution in [0.3, 0.4) is 0 Å². The fraction of sp³-hybridized carbons (Fsp3) is 0.316. The predicted octanol–water partition coefficient (Wildman–Crippen LogP) is 4.64. The SMILES string of the molecule is S=C(NCCOc1ccc(Cc2ccccc2)cc1Cl)C1CC1. The standard InChI is InChI=1S/C19H20ClNOS/c20-17-13-15(12-14-4-2-1-3-5-14)6-9-18(17)22-11-10-21-19(23)16-7-8-16/h1-6,9,13,16H,7-8,10-12H2,(H,21,23). The Morgan fingerprint density at radius 3 is 2.61 bits per heavy atom. The molecule has 0 spiro atoms. The normalized spacial score (nSPS) is 13.6. The monoisotopic (exact) mass is 345 g/mol. The minimum Gasteiger partial charge on any atom is -0.490 e. The van der Waals surface area contributed by atoms with E-state index in [2.05, 4.69) is 23.5 Å². The van der Waals surface area contributed by atoms with Crippen LogP contribution in [0.5, 0.6) is 5.75 Å². The van der Waals surface area contributed by atoms with Gasteiger partial charge in [-0.15, -0.1) is 0 Å². The molecule has 1 aliphatic rings. The Morgan fingerprint density at radius 2 is 1.91 bits per heavy atom. The molecule has 0 radical (unpaired) electrons. The molecule has 23 heavy (non-hydrogen) atoms. The molecule has 0 aromatic heterocycles. The molecule has 2 nitrogen and oxygen atoms in total. The Balaban J connectivity index is 1.49. The molecule has 0 aliphatic heterocycles. The van der Waals surface area contributed by atoms with Crippen molar-refractivity contribution >= 4 is 28.8 Å². The van der Waals surface area contributed by atoms with Crippen LogP contribution in [0.25, 0.3) is 0 Å². The van der Waals surface area contributed by atoms with Gasteiger partial charge in [0.2, 0.25) is 0 Å². The van der Waals surface area contributed by atoms with Crippen LogP contribution in [0.4, 0.5) is 0 Å². The van der Waals surface area contributed by atoms with Gasteiger partial charge in [0.1, 0.15) is 12.4 Å². The molecule has 2 aromatic carbocycles. The van der Waals surface area contributed by atoms with E-state index in [4.69, 9.17) is 28.6 Å². The van der Waals surface area contributed by atoms with Crippen molar-refractivity contribution in [2.24, 2.45) is 5.92 Å². The maximum absolute atomic E-state index is 6.33. The third-order valence-electron chi connectivity index (χ3n) is 3.85. The lowest BCUT2D eigenvalue weighted by atomic mass is 10.1. The fourth-order valence-corrected chi connectivity index (χ4v) is 3.02. The van der Waals surface area contributed by atoms with Crippen LogP contribution in [0.1, 0.15) is 24.0 Å². The van der Waals surface area contributed by atoms with E-state index in [1.807, 2.05) is 30.3 Å². The van der Waals surface area contributed by atoms with Crippen molar-refractivity contribution in [3.63, 3.8) is 0 Å². The van der Waals surface area contributed by atoms with E-state index in [1.165, 1.54) is 24.0 Å². The van der Waals surface area contributed by atoms with Crippen LogP contribution >= 0.6 is 23.8 Å². The lowest BCUT2D eigenvalue weighted by molar-refractivity contribution is 0.322. The first kappa shape index (κ1) is 16.3. The third kappa shape index (κ3) is 4.95. The second kappa shape index (κ2) is 7.80. The fourth-order valence-electron chi connectivity index (χ4n) is 2.43. The lowest BCUT2D eigenvalue weighted by Crippen LogP contribution is -2.27. The van der Waals surface area contributed by atoms with Crippen molar-refractivity contribution in [3.8, 4) is 5.75 Å². The Morgan fingerprint density at radius 1 is 1.13 bits per heavy atom. The van der Waals surface area contributed by atoms with Crippen molar-refractivity contribution in [1.82, 2.24) is 5.32 Å².